The molecule has 1 amide bonds. The summed E-state index contributed by atoms with van der Waals surface area (Å²) in [5.74, 6) is -0.193. The van der Waals surface area contributed by atoms with Gasteiger partial charge >= 0.3 is 5.97 Å². The molecule has 1 N–H and O–H groups in total. The van der Waals surface area contributed by atoms with Crippen LogP contribution in [-0.4, -0.2) is 18.5 Å². The molecule has 84 valence electrons. The third-order valence-corrected chi connectivity index (χ3v) is 2.30. The number of amides is 1. The van der Waals surface area contributed by atoms with Crippen LogP contribution in [0.1, 0.15) is 33.6 Å². The molecule has 0 fully saturated rings. The summed E-state index contributed by atoms with van der Waals surface area (Å²) in [5.41, 5.74) is 1.33. The van der Waals surface area contributed by atoms with Crippen molar-refractivity contribution in [3.63, 3.8) is 0 Å². The van der Waals surface area contributed by atoms with Crippen molar-refractivity contribution in [2.75, 3.05) is 6.61 Å². The van der Waals surface area contributed by atoms with Crippen LogP contribution < -0.4 is 5.32 Å². The van der Waals surface area contributed by atoms with Gasteiger partial charge in [0, 0.05) is 12.1 Å². The molecule has 1 aliphatic rings. The van der Waals surface area contributed by atoms with E-state index in [1.54, 1.807) is 6.92 Å². The molecular formula is C11H17NO3. The van der Waals surface area contributed by atoms with Gasteiger partial charge < -0.3 is 10.1 Å². The Bertz CT molecular complexity index is 305. The molecule has 4 heteroatoms. The summed E-state index contributed by atoms with van der Waals surface area (Å²) in [7, 11) is 0. The van der Waals surface area contributed by atoms with Gasteiger partial charge in [-0.1, -0.05) is 13.8 Å². The van der Waals surface area contributed by atoms with Gasteiger partial charge in [-0.3, -0.25) is 4.79 Å². The van der Waals surface area contributed by atoms with Crippen LogP contribution in [0.4, 0.5) is 0 Å². The van der Waals surface area contributed by atoms with Crippen LogP contribution in [0.25, 0.3) is 0 Å². The van der Waals surface area contributed by atoms with Gasteiger partial charge in [0.1, 0.15) is 0 Å². The minimum Gasteiger partial charge on any atom is -0.463 e. The van der Waals surface area contributed by atoms with E-state index in [0.717, 1.165) is 0 Å². The highest BCUT2D eigenvalue weighted by Gasteiger charge is 2.25. The Morgan fingerprint density at radius 2 is 2.13 bits per heavy atom. The van der Waals surface area contributed by atoms with Crippen molar-refractivity contribution in [3.05, 3.63) is 11.3 Å². The molecule has 1 aliphatic heterocycles. The van der Waals surface area contributed by atoms with Gasteiger partial charge in [-0.05, 0) is 19.3 Å². The number of nitrogens with one attached hydrogen (secondary N) is 1. The first kappa shape index (κ1) is 11.8. The Kier molecular flexibility index (Phi) is 3.88. The number of hydrogen-bond acceptors (Lipinski definition) is 3. The topological polar surface area (TPSA) is 55.4 Å². The molecule has 0 spiro atoms. The van der Waals surface area contributed by atoms with Gasteiger partial charge in [-0.2, -0.15) is 0 Å². The summed E-state index contributed by atoms with van der Waals surface area (Å²) >= 11 is 0. The Balaban J connectivity index is 2.92. The predicted octanol–water partition coefficient (Wildman–Crippen LogP) is 1.37. The van der Waals surface area contributed by atoms with Crippen LogP contribution in [0.15, 0.2) is 11.3 Å². The standard InChI is InChI=1S/C11H17NO3/c1-4-15-11(14)8-5-6-9(13)12-10(8)7(2)3/h7H,4-6H2,1-3H3,(H,12,13). The number of rotatable bonds is 3. The molecule has 4 nitrogen and oxygen atoms in total. The highest BCUT2D eigenvalue weighted by Crippen LogP contribution is 2.22. The van der Waals surface area contributed by atoms with Crippen molar-refractivity contribution in [2.24, 2.45) is 5.92 Å². The van der Waals surface area contributed by atoms with Crippen LogP contribution in [-0.2, 0) is 14.3 Å². The average molecular weight is 211 g/mol. The van der Waals surface area contributed by atoms with Crippen LogP contribution >= 0.6 is 0 Å². The number of carbonyl (C=O) groups is 2. The molecule has 0 aliphatic carbocycles. The number of carbonyl (C=O) groups excluding carboxylic acids is 2. The minimum atomic E-state index is -0.304. The largest absolute Gasteiger partial charge is 0.463 e. The van der Waals surface area contributed by atoms with E-state index in [2.05, 4.69) is 5.32 Å². The second-order valence-electron chi connectivity index (χ2n) is 3.82. The van der Waals surface area contributed by atoms with E-state index in [1.807, 2.05) is 13.8 Å². The molecular weight excluding hydrogens is 194 g/mol. The lowest BCUT2D eigenvalue weighted by atomic mass is 9.97. The lowest BCUT2D eigenvalue weighted by molar-refractivity contribution is -0.139. The summed E-state index contributed by atoms with van der Waals surface area (Å²) in [6.45, 7) is 6.02. The Labute approximate surface area is 89.7 Å². The van der Waals surface area contributed by atoms with E-state index in [9.17, 15) is 9.59 Å². The SMILES string of the molecule is CCOC(=O)C1=C(C(C)C)NC(=O)CC1. The fraction of sp³-hybridized carbons (Fsp3) is 0.636. The zero-order valence-electron chi connectivity index (χ0n) is 9.42. The first-order valence-corrected chi connectivity index (χ1v) is 5.26. The summed E-state index contributed by atoms with van der Waals surface area (Å²) in [5, 5.41) is 2.75. The van der Waals surface area contributed by atoms with E-state index >= 15 is 0 Å². The molecule has 15 heavy (non-hydrogen) atoms. The minimum absolute atomic E-state index is 0.0215. The molecule has 1 rings (SSSR count). The van der Waals surface area contributed by atoms with Crippen molar-refractivity contribution < 1.29 is 14.3 Å². The van der Waals surface area contributed by atoms with Crippen LogP contribution in [0.3, 0.4) is 0 Å². The summed E-state index contributed by atoms with van der Waals surface area (Å²) in [6.07, 6.45) is 0.850. The predicted molar refractivity (Wildman–Crippen MR) is 55.9 cm³/mol. The van der Waals surface area contributed by atoms with Crippen molar-refractivity contribution >= 4 is 11.9 Å². The number of esters is 1. The molecule has 0 aromatic heterocycles. The number of ether oxygens (including phenoxy) is 1. The van der Waals surface area contributed by atoms with E-state index in [4.69, 9.17) is 4.74 Å². The van der Waals surface area contributed by atoms with E-state index in [1.165, 1.54) is 0 Å². The third-order valence-electron chi connectivity index (χ3n) is 2.30. The first-order valence-electron chi connectivity index (χ1n) is 5.26. The van der Waals surface area contributed by atoms with Gasteiger partial charge in [-0.25, -0.2) is 4.79 Å². The third kappa shape index (κ3) is 2.81. The molecule has 0 unspecified atom stereocenters. The van der Waals surface area contributed by atoms with Gasteiger partial charge in [0.15, 0.2) is 0 Å². The normalized spacial score (nSPS) is 16.7. The molecule has 0 saturated heterocycles. The average Bonchev–Trinajstić information content (AvgIpc) is 2.17. The molecule has 0 aromatic carbocycles. The van der Waals surface area contributed by atoms with Crippen LogP contribution in [0.2, 0.25) is 0 Å². The molecule has 0 radical (unpaired) electrons. The maximum absolute atomic E-state index is 11.6. The maximum Gasteiger partial charge on any atom is 0.335 e. The first-order chi connectivity index (χ1) is 7.06. The molecule has 0 aromatic rings. The van der Waals surface area contributed by atoms with E-state index in [0.29, 0.717) is 30.7 Å². The second-order valence-corrected chi connectivity index (χ2v) is 3.82. The Hall–Kier alpha value is -1.32. The molecule has 0 saturated carbocycles. The van der Waals surface area contributed by atoms with Crippen LogP contribution in [0.5, 0.6) is 0 Å². The summed E-state index contributed by atoms with van der Waals surface area (Å²) in [6, 6.07) is 0. The highest BCUT2D eigenvalue weighted by molar-refractivity contribution is 5.93. The Morgan fingerprint density at radius 1 is 1.47 bits per heavy atom. The van der Waals surface area contributed by atoms with Gasteiger partial charge in [0.2, 0.25) is 5.91 Å². The lowest BCUT2D eigenvalue weighted by Crippen LogP contribution is -2.33. The number of hydrogen-bond donors (Lipinski definition) is 1. The highest BCUT2D eigenvalue weighted by atomic mass is 16.5. The lowest BCUT2D eigenvalue weighted by Gasteiger charge is -2.22. The quantitative estimate of drug-likeness (QED) is 0.717. The maximum atomic E-state index is 11.6. The van der Waals surface area contributed by atoms with Crippen molar-refractivity contribution in [1.82, 2.24) is 5.32 Å². The fourth-order valence-electron chi connectivity index (χ4n) is 1.58. The smallest absolute Gasteiger partial charge is 0.335 e. The van der Waals surface area contributed by atoms with Crippen molar-refractivity contribution in [3.8, 4) is 0 Å². The van der Waals surface area contributed by atoms with E-state index in [-0.39, 0.29) is 17.8 Å². The Morgan fingerprint density at radius 3 is 2.67 bits per heavy atom. The summed E-state index contributed by atoms with van der Waals surface area (Å²) < 4.78 is 4.95. The van der Waals surface area contributed by atoms with Gasteiger partial charge in [-0.15, -0.1) is 0 Å². The number of allylic oxidation sites excluding steroid dienone is 1. The zero-order chi connectivity index (χ0) is 11.4. The van der Waals surface area contributed by atoms with Gasteiger partial charge in [0.05, 0.1) is 12.2 Å². The monoisotopic (exact) mass is 211 g/mol. The molecule has 0 atom stereocenters. The van der Waals surface area contributed by atoms with Crippen molar-refractivity contribution in [2.45, 2.75) is 33.6 Å². The zero-order valence-corrected chi connectivity index (χ0v) is 9.42. The van der Waals surface area contributed by atoms with Gasteiger partial charge in [0.25, 0.3) is 0 Å². The molecule has 0 bridgehead atoms. The fourth-order valence-corrected chi connectivity index (χ4v) is 1.58. The molecule has 1 heterocycles. The van der Waals surface area contributed by atoms with Crippen molar-refractivity contribution in [1.29, 1.82) is 0 Å². The second kappa shape index (κ2) is 4.96. The van der Waals surface area contributed by atoms with E-state index < -0.39 is 0 Å². The summed E-state index contributed by atoms with van der Waals surface area (Å²) in [4.78, 5) is 22.8. The van der Waals surface area contributed by atoms with Crippen LogP contribution in [0, 0.1) is 5.92 Å².